The van der Waals surface area contributed by atoms with E-state index in [1.165, 1.54) is 20.1 Å². The van der Waals surface area contributed by atoms with Crippen molar-refractivity contribution in [2.45, 2.75) is 37.8 Å². The van der Waals surface area contributed by atoms with Crippen LogP contribution in [0.4, 0.5) is 0 Å². The van der Waals surface area contributed by atoms with Crippen LogP contribution in [0.1, 0.15) is 65.0 Å². The third-order valence-corrected chi connectivity index (χ3v) is 8.78. The third kappa shape index (κ3) is 3.75. The van der Waals surface area contributed by atoms with Gasteiger partial charge in [-0.2, -0.15) is 0 Å². The summed E-state index contributed by atoms with van der Waals surface area (Å²) in [6.45, 7) is 2.48. The number of carbonyl (C=O) groups is 4. The van der Waals surface area contributed by atoms with Crippen molar-refractivity contribution in [3.8, 4) is 39.9 Å². The summed E-state index contributed by atoms with van der Waals surface area (Å²) in [6.07, 6.45) is -6.42. The van der Waals surface area contributed by atoms with E-state index >= 15 is 0 Å². The molecule has 45 heavy (non-hydrogen) atoms. The smallest absolute Gasteiger partial charge is 0.198 e. The Labute approximate surface area is 253 Å². The van der Waals surface area contributed by atoms with Gasteiger partial charge in [0.05, 0.1) is 30.9 Å². The lowest BCUT2D eigenvalue weighted by Gasteiger charge is -2.44. The van der Waals surface area contributed by atoms with Gasteiger partial charge in [0, 0.05) is 45.0 Å². The third-order valence-electron chi connectivity index (χ3n) is 8.78. The van der Waals surface area contributed by atoms with Crippen molar-refractivity contribution in [2.75, 3.05) is 14.2 Å². The second-order valence-corrected chi connectivity index (χ2v) is 11.3. The number of ketones is 4. The number of aryl methyl sites for hydroxylation is 1. The van der Waals surface area contributed by atoms with Gasteiger partial charge >= 0.3 is 0 Å². The molecule has 3 aliphatic carbocycles. The predicted octanol–water partition coefficient (Wildman–Crippen LogP) is 1.09. The Balaban J connectivity index is 1.70. The maximum Gasteiger partial charge on any atom is 0.198 e. The van der Waals surface area contributed by atoms with Crippen molar-refractivity contribution in [1.29, 1.82) is 0 Å². The quantitative estimate of drug-likeness (QED) is 0.171. The number of phenols is 3. The molecule has 0 radical (unpaired) electrons. The summed E-state index contributed by atoms with van der Waals surface area (Å²) in [5.41, 5.74) is -6.84. The van der Waals surface area contributed by atoms with Gasteiger partial charge in [-0.05, 0) is 37.6 Å². The molecule has 0 saturated carbocycles. The first-order valence-electron chi connectivity index (χ1n) is 13.5. The van der Waals surface area contributed by atoms with E-state index < -0.39 is 97.5 Å². The van der Waals surface area contributed by atoms with Gasteiger partial charge in [0.1, 0.15) is 52.7 Å². The normalized spacial score (nSPS) is 23.8. The number of hydrogen-bond donors (Lipinski definition) is 7. The molecule has 7 N–H and O–H groups in total. The number of benzene rings is 3. The Kier molecular flexibility index (Phi) is 6.47. The van der Waals surface area contributed by atoms with E-state index in [0.717, 1.165) is 32.2 Å². The fraction of sp³-hybridized carbons (Fsp3) is 0.250. The summed E-state index contributed by atoms with van der Waals surface area (Å²) in [7, 11) is 2.31. The van der Waals surface area contributed by atoms with Crippen molar-refractivity contribution < 1.29 is 64.4 Å². The van der Waals surface area contributed by atoms with Gasteiger partial charge in [-0.25, -0.2) is 0 Å². The lowest BCUT2D eigenvalue weighted by molar-refractivity contribution is -0.158. The Morgan fingerprint density at radius 1 is 0.644 bits per heavy atom. The van der Waals surface area contributed by atoms with Crippen LogP contribution in [0.15, 0.2) is 35.4 Å². The summed E-state index contributed by atoms with van der Waals surface area (Å²) in [4.78, 5) is 55.2. The lowest BCUT2D eigenvalue weighted by atomic mass is 9.67. The summed E-state index contributed by atoms with van der Waals surface area (Å²) in [6, 6.07) is 4.50. The van der Waals surface area contributed by atoms with Crippen molar-refractivity contribution in [3.05, 3.63) is 74.4 Å². The molecular formula is C32H26O13. The van der Waals surface area contributed by atoms with Gasteiger partial charge in [0.15, 0.2) is 23.1 Å². The molecular weight excluding hydrogens is 592 g/mol. The Morgan fingerprint density at radius 3 is 1.84 bits per heavy atom. The zero-order valence-corrected chi connectivity index (χ0v) is 24.1. The van der Waals surface area contributed by atoms with Crippen molar-refractivity contribution in [2.24, 2.45) is 0 Å². The van der Waals surface area contributed by atoms with Gasteiger partial charge in [0.25, 0.3) is 0 Å². The standard InChI is InChI=1S/C32H26O13/c1-9-5-10-11(6-13(9)33)25(36)17-12(24(10)35)7-15(44-3)20(26(17)37)19-16(45-4)8-14(34)18-21(19)28(39)23-22(27(18)38)29(40)31(42)32(2,43)30(23)41/h5-8,29-31,33-34,37,40-43H,1-4H3/t29-,30-,31?,32-/m0/s1. The van der Waals surface area contributed by atoms with Gasteiger partial charge < -0.3 is 45.2 Å². The minimum Gasteiger partial charge on any atom is -0.508 e. The van der Waals surface area contributed by atoms with Crippen molar-refractivity contribution in [3.63, 3.8) is 0 Å². The van der Waals surface area contributed by atoms with Crippen LogP contribution >= 0.6 is 0 Å². The highest BCUT2D eigenvalue weighted by molar-refractivity contribution is 6.33. The summed E-state index contributed by atoms with van der Waals surface area (Å²) < 4.78 is 10.9. The van der Waals surface area contributed by atoms with E-state index in [4.69, 9.17) is 9.47 Å². The van der Waals surface area contributed by atoms with Crippen LogP contribution in [0.5, 0.6) is 28.7 Å². The molecule has 0 fully saturated rings. The van der Waals surface area contributed by atoms with E-state index in [9.17, 15) is 54.9 Å². The molecule has 13 nitrogen and oxygen atoms in total. The number of aliphatic hydroxyl groups is 4. The molecule has 3 aromatic carbocycles. The molecule has 1 unspecified atom stereocenters. The van der Waals surface area contributed by atoms with Crippen LogP contribution in [0.3, 0.4) is 0 Å². The summed E-state index contributed by atoms with van der Waals surface area (Å²) in [5.74, 6) is -6.41. The van der Waals surface area contributed by atoms with Crippen LogP contribution in [0, 0.1) is 6.92 Å². The Morgan fingerprint density at radius 2 is 1.22 bits per heavy atom. The van der Waals surface area contributed by atoms with Gasteiger partial charge in [-0.15, -0.1) is 0 Å². The zero-order valence-electron chi connectivity index (χ0n) is 24.1. The number of phenolic OH excluding ortho intramolecular Hbond substituents is 3. The largest absolute Gasteiger partial charge is 0.508 e. The van der Waals surface area contributed by atoms with Crippen LogP contribution in [0.25, 0.3) is 11.1 Å². The Bertz CT molecular complexity index is 1970. The lowest BCUT2D eigenvalue weighted by Crippen LogP contribution is -2.61. The minimum absolute atomic E-state index is 0.0316. The van der Waals surface area contributed by atoms with Crippen molar-refractivity contribution >= 4 is 23.1 Å². The van der Waals surface area contributed by atoms with Crippen LogP contribution in [0.2, 0.25) is 0 Å². The first kappa shape index (κ1) is 30.0. The number of methoxy groups -OCH3 is 2. The van der Waals surface area contributed by atoms with E-state index in [2.05, 4.69) is 0 Å². The molecule has 232 valence electrons. The molecule has 0 amide bonds. The van der Waals surface area contributed by atoms with Crippen molar-refractivity contribution in [1.82, 2.24) is 0 Å². The van der Waals surface area contributed by atoms with E-state index in [-0.39, 0.29) is 33.9 Å². The molecule has 0 bridgehead atoms. The first-order valence-corrected chi connectivity index (χ1v) is 13.5. The van der Waals surface area contributed by atoms with Crippen LogP contribution < -0.4 is 9.47 Å². The SMILES string of the molecule is COc1cc2c(c(O)c1-c1c(OC)cc(O)c3c1C(=O)C1=C(C3=O)[C@H](O)C(O)[C@@](C)(O)[C@H]1O)C(=O)c1cc(O)c(C)cc1C2=O. The molecule has 0 aliphatic heterocycles. The number of rotatable bonds is 3. The minimum atomic E-state index is -2.50. The highest BCUT2D eigenvalue weighted by Gasteiger charge is 2.56. The highest BCUT2D eigenvalue weighted by Crippen LogP contribution is 2.54. The number of ether oxygens (including phenoxy) is 2. The molecule has 3 aliphatic rings. The second-order valence-electron chi connectivity index (χ2n) is 11.3. The van der Waals surface area contributed by atoms with Crippen LogP contribution in [-0.2, 0) is 0 Å². The van der Waals surface area contributed by atoms with Crippen LogP contribution in [-0.4, -0.2) is 97.0 Å². The Hall–Kier alpha value is -5.08. The number of fused-ring (bicyclic) bond motifs is 3. The number of aromatic hydroxyl groups is 3. The molecule has 13 heteroatoms. The fourth-order valence-electron chi connectivity index (χ4n) is 6.33. The molecule has 4 atom stereocenters. The number of aliphatic hydroxyl groups excluding tert-OH is 3. The van der Waals surface area contributed by atoms with Gasteiger partial charge in [-0.3, -0.25) is 19.2 Å². The second kappa shape index (κ2) is 9.71. The molecule has 6 rings (SSSR count). The molecule has 0 heterocycles. The van der Waals surface area contributed by atoms with E-state index in [0.29, 0.717) is 5.56 Å². The monoisotopic (exact) mass is 618 g/mol. The number of carbonyl (C=O) groups excluding carboxylic acids is 4. The zero-order chi connectivity index (χ0) is 33.0. The number of hydrogen-bond acceptors (Lipinski definition) is 13. The van der Waals surface area contributed by atoms with Gasteiger partial charge in [-0.1, -0.05) is 0 Å². The molecule has 0 saturated heterocycles. The topological polar surface area (TPSA) is 228 Å². The van der Waals surface area contributed by atoms with E-state index in [1.807, 2.05) is 0 Å². The fourth-order valence-corrected chi connectivity index (χ4v) is 6.33. The van der Waals surface area contributed by atoms with Gasteiger partial charge in [0.2, 0.25) is 0 Å². The molecule has 0 aromatic heterocycles. The maximum absolute atomic E-state index is 14.2. The maximum atomic E-state index is 14.2. The molecule has 0 spiro atoms. The average Bonchev–Trinajstić information content (AvgIpc) is 2.99. The predicted molar refractivity (Wildman–Crippen MR) is 152 cm³/mol. The number of Topliss-reactive ketones (excluding diaryl/α,β-unsaturated/α-hetero) is 2. The first-order chi connectivity index (χ1) is 21.1. The average molecular weight is 619 g/mol. The summed E-state index contributed by atoms with van der Waals surface area (Å²) in [5, 5.41) is 75.8. The summed E-state index contributed by atoms with van der Waals surface area (Å²) >= 11 is 0. The highest BCUT2D eigenvalue weighted by atomic mass is 16.5. The van der Waals surface area contributed by atoms with E-state index in [1.54, 1.807) is 0 Å². The molecule has 3 aromatic rings.